The maximum absolute atomic E-state index is 12.4. The van der Waals surface area contributed by atoms with Gasteiger partial charge in [0.05, 0.1) is 0 Å². The van der Waals surface area contributed by atoms with Crippen LogP contribution in [0.1, 0.15) is 30.0 Å². The monoisotopic (exact) mass is 382 g/mol. The zero-order valence-electron chi connectivity index (χ0n) is 16.8. The van der Waals surface area contributed by atoms with E-state index in [9.17, 15) is 9.59 Å². The van der Waals surface area contributed by atoms with Gasteiger partial charge in [-0.25, -0.2) is 0 Å². The highest BCUT2D eigenvalue weighted by atomic mass is 16.6. The Bertz CT molecular complexity index is 884. The van der Waals surface area contributed by atoms with E-state index < -0.39 is 0 Å². The van der Waals surface area contributed by atoms with E-state index in [-0.39, 0.29) is 18.2 Å². The molecule has 2 aromatic carbocycles. The van der Waals surface area contributed by atoms with Gasteiger partial charge in [-0.05, 0) is 44.0 Å². The minimum atomic E-state index is -0.162. The molecule has 3 rings (SSSR count). The number of ether oxygens (including phenoxy) is 2. The van der Waals surface area contributed by atoms with Gasteiger partial charge < -0.3 is 19.7 Å². The highest BCUT2D eigenvalue weighted by Crippen LogP contribution is 2.32. The van der Waals surface area contributed by atoms with Gasteiger partial charge in [0.1, 0.15) is 13.2 Å². The minimum Gasteiger partial charge on any atom is -0.486 e. The van der Waals surface area contributed by atoms with Crippen LogP contribution in [0, 0.1) is 20.8 Å². The number of fused-ring (bicyclic) bond motifs is 1. The molecule has 0 saturated carbocycles. The maximum Gasteiger partial charge on any atom is 0.226 e. The van der Waals surface area contributed by atoms with Crippen molar-refractivity contribution in [2.24, 2.45) is 0 Å². The van der Waals surface area contributed by atoms with Gasteiger partial charge in [-0.3, -0.25) is 9.59 Å². The summed E-state index contributed by atoms with van der Waals surface area (Å²) in [5.41, 5.74) is 4.73. The first-order chi connectivity index (χ1) is 13.3. The quantitative estimate of drug-likeness (QED) is 0.855. The van der Waals surface area contributed by atoms with Gasteiger partial charge in [0.25, 0.3) is 0 Å². The fourth-order valence-electron chi connectivity index (χ4n) is 3.58. The minimum absolute atomic E-state index is 0.0813. The Morgan fingerprint density at radius 2 is 1.64 bits per heavy atom. The Labute approximate surface area is 165 Å². The second-order valence-electron chi connectivity index (χ2n) is 7.07. The van der Waals surface area contributed by atoms with Crippen LogP contribution in [-0.2, 0) is 9.59 Å². The second kappa shape index (κ2) is 8.33. The lowest BCUT2D eigenvalue weighted by Gasteiger charge is -2.25. The Hall–Kier alpha value is -3.02. The SMILES string of the molecule is CC(=O)N(CCC(=O)Nc1ccc2c(c1)OCCO2)c1c(C)cc(C)cc1C. The van der Waals surface area contributed by atoms with Crippen molar-refractivity contribution in [2.45, 2.75) is 34.1 Å². The predicted octanol–water partition coefficient (Wildman–Crippen LogP) is 3.76. The molecule has 2 aromatic rings. The van der Waals surface area contributed by atoms with E-state index >= 15 is 0 Å². The third-order valence-corrected chi connectivity index (χ3v) is 4.67. The van der Waals surface area contributed by atoms with Gasteiger partial charge in [-0.2, -0.15) is 0 Å². The summed E-state index contributed by atoms with van der Waals surface area (Å²) in [6.45, 7) is 8.86. The van der Waals surface area contributed by atoms with Gasteiger partial charge >= 0.3 is 0 Å². The van der Waals surface area contributed by atoms with Crippen molar-refractivity contribution in [3.63, 3.8) is 0 Å². The van der Waals surface area contributed by atoms with E-state index in [0.29, 0.717) is 36.9 Å². The molecule has 6 nitrogen and oxygen atoms in total. The highest BCUT2D eigenvalue weighted by molar-refractivity contribution is 5.96. The Balaban J connectivity index is 1.67. The molecule has 6 heteroatoms. The summed E-state index contributed by atoms with van der Waals surface area (Å²) in [5.74, 6) is 1.06. The topological polar surface area (TPSA) is 67.9 Å². The summed E-state index contributed by atoms with van der Waals surface area (Å²) in [5, 5.41) is 2.86. The number of carbonyl (C=O) groups excluding carboxylic acids is 2. The summed E-state index contributed by atoms with van der Waals surface area (Å²) in [7, 11) is 0. The fraction of sp³-hybridized carbons (Fsp3) is 0.364. The molecule has 0 fully saturated rings. The summed E-state index contributed by atoms with van der Waals surface area (Å²) in [4.78, 5) is 26.3. The Kier molecular flexibility index (Phi) is 5.87. The number of amides is 2. The van der Waals surface area contributed by atoms with Gasteiger partial charge in [-0.15, -0.1) is 0 Å². The van der Waals surface area contributed by atoms with Gasteiger partial charge in [0, 0.05) is 37.3 Å². The molecule has 0 radical (unpaired) electrons. The van der Waals surface area contributed by atoms with Crippen LogP contribution in [0.25, 0.3) is 0 Å². The number of nitrogens with one attached hydrogen (secondary N) is 1. The van der Waals surface area contributed by atoms with Crippen LogP contribution >= 0.6 is 0 Å². The first kappa shape index (κ1) is 19.7. The number of hydrogen-bond donors (Lipinski definition) is 1. The molecule has 0 bridgehead atoms. The average Bonchev–Trinajstić information content (AvgIpc) is 2.63. The van der Waals surface area contributed by atoms with Crippen molar-refractivity contribution in [1.82, 2.24) is 0 Å². The summed E-state index contributed by atoms with van der Waals surface area (Å²) in [6.07, 6.45) is 0.195. The van der Waals surface area contributed by atoms with Crippen molar-refractivity contribution in [3.05, 3.63) is 47.0 Å². The van der Waals surface area contributed by atoms with Crippen LogP contribution in [0.2, 0.25) is 0 Å². The molecule has 0 saturated heterocycles. The lowest BCUT2D eigenvalue weighted by Crippen LogP contribution is -2.33. The smallest absolute Gasteiger partial charge is 0.226 e. The standard InChI is InChI=1S/C22H26N2O4/c1-14-11-15(2)22(16(3)12-14)24(17(4)25)8-7-21(26)23-18-5-6-19-20(13-18)28-10-9-27-19/h5-6,11-13H,7-10H2,1-4H3,(H,23,26). The molecular formula is C22H26N2O4. The molecule has 1 aliphatic heterocycles. The molecule has 1 heterocycles. The first-order valence-corrected chi connectivity index (χ1v) is 9.40. The molecule has 0 atom stereocenters. The number of anilines is 2. The van der Waals surface area contributed by atoms with Crippen LogP contribution in [0.3, 0.4) is 0 Å². The predicted molar refractivity (Wildman–Crippen MR) is 109 cm³/mol. The maximum atomic E-state index is 12.4. The Morgan fingerprint density at radius 1 is 1.00 bits per heavy atom. The van der Waals surface area contributed by atoms with E-state index in [1.165, 1.54) is 6.92 Å². The molecule has 0 aromatic heterocycles. The lowest BCUT2D eigenvalue weighted by atomic mass is 10.0. The summed E-state index contributed by atoms with van der Waals surface area (Å²) >= 11 is 0. The normalized spacial score (nSPS) is 12.4. The first-order valence-electron chi connectivity index (χ1n) is 9.40. The highest BCUT2D eigenvalue weighted by Gasteiger charge is 2.18. The van der Waals surface area contributed by atoms with Crippen molar-refractivity contribution in [2.75, 3.05) is 30.0 Å². The molecule has 148 valence electrons. The van der Waals surface area contributed by atoms with Gasteiger partial charge in [-0.1, -0.05) is 17.7 Å². The number of rotatable bonds is 5. The fourth-order valence-corrected chi connectivity index (χ4v) is 3.58. The van der Waals surface area contributed by atoms with Crippen LogP contribution in [0.15, 0.2) is 30.3 Å². The molecule has 0 spiro atoms. The zero-order valence-corrected chi connectivity index (χ0v) is 16.8. The number of aryl methyl sites for hydroxylation is 3. The molecule has 0 unspecified atom stereocenters. The molecule has 0 aliphatic carbocycles. The number of benzene rings is 2. The number of carbonyl (C=O) groups is 2. The van der Waals surface area contributed by atoms with E-state index in [0.717, 1.165) is 22.4 Å². The van der Waals surface area contributed by atoms with Crippen molar-refractivity contribution in [1.29, 1.82) is 0 Å². The third kappa shape index (κ3) is 4.44. The zero-order chi connectivity index (χ0) is 20.3. The summed E-state index contributed by atoms with van der Waals surface area (Å²) < 4.78 is 11.0. The van der Waals surface area contributed by atoms with Crippen molar-refractivity contribution >= 4 is 23.2 Å². The molecule has 28 heavy (non-hydrogen) atoms. The average molecular weight is 382 g/mol. The van der Waals surface area contributed by atoms with Crippen molar-refractivity contribution < 1.29 is 19.1 Å². The lowest BCUT2D eigenvalue weighted by molar-refractivity contribution is -0.117. The molecule has 1 aliphatic rings. The van der Waals surface area contributed by atoms with Crippen molar-refractivity contribution in [3.8, 4) is 11.5 Å². The second-order valence-corrected chi connectivity index (χ2v) is 7.07. The third-order valence-electron chi connectivity index (χ3n) is 4.67. The molecule has 1 N–H and O–H groups in total. The van der Waals surface area contributed by atoms with Crippen LogP contribution < -0.4 is 19.7 Å². The number of hydrogen-bond acceptors (Lipinski definition) is 4. The van der Waals surface area contributed by atoms with E-state index in [2.05, 4.69) is 5.32 Å². The Morgan fingerprint density at radius 3 is 2.29 bits per heavy atom. The van der Waals surface area contributed by atoms with Crippen LogP contribution in [0.5, 0.6) is 11.5 Å². The van der Waals surface area contributed by atoms with E-state index in [1.54, 1.807) is 23.1 Å². The summed E-state index contributed by atoms with van der Waals surface area (Å²) in [6, 6.07) is 9.41. The molecular weight excluding hydrogens is 356 g/mol. The van der Waals surface area contributed by atoms with Crippen LogP contribution in [-0.4, -0.2) is 31.6 Å². The van der Waals surface area contributed by atoms with Gasteiger partial charge in [0.15, 0.2) is 11.5 Å². The van der Waals surface area contributed by atoms with E-state index in [4.69, 9.17) is 9.47 Å². The van der Waals surface area contributed by atoms with Gasteiger partial charge in [0.2, 0.25) is 11.8 Å². The largest absolute Gasteiger partial charge is 0.486 e. The van der Waals surface area contributed by atoms with Crippen LogP contribution in [0.4, 0.5) is 11.4 Å². The molecule has 2 amide bonds. The van der Waals surface area contributed by atoms with E-state index in [1.807, 2.05) is 32.9 Å². The number of nitrogens with zero attached hydrogens (tertiary/aromatic N) is 1.